The van der Waals surface area contributed by atoms with E-state index in [1.54, 1.807) is 0 Å². The lowest BCUT2D eigenvalue weighted by molar-refractivity contribution is 0.302. The Hall–Kier alpha value is -0.360. The molecule has 0 aliphatic rings. The van der Waals surface area contributed by atoms with Crippen LogP contribution < -0.4 is 10.5 Å². The lowest BCUT2D eigenvalue weighted by Crippen LogP contribution is -2.03. The molecule has 5 heteroatoms. The van der Waals surface area contributed by atoms with Crippen molar-refractivity contribution in [2.45, 2.75) is 13.0 Å². The van der Waals surface area contributed by atoms with Gasteiger partial charge in [-0.2, -0.15) is 0 Å². The lowest BCUT2D eigenvalue weighted by atomic mass is 10.1. The van der Waals surface area contributed by atoms with Gasteiger partial charge < -0.3 is 10.5 Å². The fraction of sp³-hybridized carbons (Fsp3) is 0.200. The summed E-state index contributed by atoms with van der Waals surface area (Å²) in [5, 5.41) is 0. The van der Waals surface area contributed by atoms with E-state index in [1.165, 1.54) is 5.56 Å². The fourth-order valence-electron chi connectivity index (χ4n) is 1.80. The molecule has 0 saturated heterocycles. The van der Waals surface area contributed by atoms with Crippen LogP contribution in [0.5, 0.6) is 5.75 Å². The van der Waals surface area contributed by atoms with Gasteiger partial charge in [-0.25, -0.2) is 0 Å². The number of hydrogen-bond donors (Lipinski definition) is 1. The highest BCUT2D eigenvalue weighted by molar-refractivity contribution is 9.11. The van der Waals surface area contributed by atoms with Gasteiger partial charge in [0.1, 0.15) is 12.4 Å². The molecule has 0 spiro atoms. The second kappa shape index (κ2) is 7.59. The molecule has 2 aromatic rings. The molecule has 0 aliphatic carbocycles. The second-order valence-electron chi connectivity index (χ2n) is 4.34. The van der Waals surface area contributed by atoms with Crippen LogP contribution in [-0.4, -0.2) is 6.54 Å². The Balaban J connectivity index is 2.11. The van der Waals surface area contributed by atoms with Gasteiger partial charge in [-0.1, -0.05) is 28.1 Å². The fourth-order valence-corrected chi connectivity index (χ4v) is 3.57. The number of hydrogen-bond acceptors (Lipinski definition) is 2. The maximum atomic E-state index is 5.89. The van der Waals surface area contributed by atoms with E-state index < -0.39 is 0 Å². The molecule has 2 N–H and O–H groups in total. The highest BCUT2D eigenvalue weighted by Gasteiger charge is 2.09. The van der Waals surface area contributed by atoms with E-state index in [1.807, 2.05) is 24.3 Å². The summed E-state index contributed by atoms with van der Waals surface area (Å²) in [6.07, 6.45) is 0.851. The van der Waals surface area contributed by atoms with Crippen LogP contribution in [-0.2, 0) is 13.0 Å². The molecule has 0 amide bonds. The molecule has 0 unspecified atom stereocenters. The summed E-state index contributed by atoms with van der Waals surface area (Å²) in [6, 6.07) is 12.2. The van der Waals surface area contributed by atoms with Gasteiger partial charge in [0.15, 0.2) is 0 Å². The highest BCUT2D eigenvalue weighted by Crippen LogP contribution is 2.35. The Kier molecular flexibility index (Phi) is 6.08. The van der Waals surface area contributed by atoms with Gasteiger partial charge in [-0.05, 0) is 80.2 Å². The topological polar surface area (TPSA) is 35.2 Å². The minimum absolute atomic E-state index is 0.528. The minimum Gasteiger partial charge on any atom is -0.487 e. The standard InChI is InChI=1S/C15H14Br3NO/c16-12-3-1-10(2-4-12)9-20-15-13(17)7-11(5-6-19)8-14(15)18/h1-4,7-8H,5-6,9,19H2. The molecule has 2 rings (SSSR count). The van der Waals surface area contributed by atoms with Crippen LogP contribution in [0.15, 0.2) is 49.8 Å². The second-order valence-corrected chi connectivity index (χ2v) is 6.97. The van der Waals surface area contributed by atoms with Crippen molar-refractivity contribution >= 4 is 47.8 Å². The third kappa shape index (κ3) is 4.32. The SMILES string of the molecule is NCCc1cc(Br)c(OCc2ccc(Br)cc2)c(Br)c1. The van der Waals surface area contributed by atoms with Crippen molar-refractivity contribution in [3.05, 3.63) is 60.9 Å². The van der Waals surface area contributed by atoms with Gasteiger partial charge in [-0.3, -0.25) is 0 Å². The Labute approximate surface area is 144 Å². The largest absolute Gasteiger partial charge is 0.487 e. The molecule has 0 radical (unpaired) electrons. The number of nitrogens with two attached hydrogens (primary N) is 1. The van der Waals surface area contributed by atoms with Crippen LogP contribution in [0.4, 0.5) is 0 Å². The average Bonchev–Trinajstić information content (AvgIpc) is 2.40. The van der Waals surface area contributed by atoms with Gasteiger partial charge >= 0.3 is 0 Å². The maximum Gasteiger partial charge on any atom is 0.148 e. The first-order valence-electron chi connectivity index (χ1n) is 6.15. The summed E-state index contributed by atoms with van der Waals surface area (Å²) >= 11 is 10.5. The lowest BCUT2D eigenvalue weighted by Gasteiger charge is -2.12. The smallest absolute Gasteiger partial charge is 0.148 e. The summed E-state index contributed by atoms with van der Waals surface area (Å²) in [5.41, 5.74) is 7.89. The van der Waals surface area contributed by atoms with Crippen LogP contribution in [0, 0.1) is 0 Å². The van der Waals surface area contributed by atoms with E-state index in [4.69, 9.17) is 10.5 Å². The average molecular weight is 464 g/mol. The molecule has 0 aromatic heterocycles. The Morgan fingerprint density at radius 3 is 2.05 bits per heavy atom. The zero-order chi connectivity index (χ0) is 14.5. The van der Waals surface area contributed by atoms with Crippen molar-refractivity contribution in [3.63, 3.8) is 0 Å². The van der Waals surface area contributed by atoms with Crippen LogP contribution in [0.3, 0.4) is 0 Å². The molecule has 2 nitrogen and oxygen atoms in total. The van der Waals surface area contributed by atoms with E-state index in [-0.39, 0.29) is 0 Å². The van der Waals surface area contributed by atoms with E-state index in [0.29, 0.717) is 13.2 Å². The first-order valence-corrected chi connectivity index (χ1v) is 8.53. The first-order chi connectivity index (χ1) is 9.60. The van der Waals surface area contributed by atoms with Crippen molar-refractivity contribution in [2.24, 2.45) is 5.73 Å². The number of halogens is 3. The molecule has 20 heavy (non-hydrogen) atoms. The van der Waals surface area contributed by atoms with Crippen LogP contribution in [0.2, 0.25) is 0 Å². The summed E-state index contributed by atoms with van der Waals surface area (Å²) in [5.74, 6) is 0.814. The molecule has 106 valence electrons. The van der Waals surface area contributed by atoms with Gasteiger partial charge in [0.05, 0.1) is 8.95 Å². The molecule has 0 aliphatic heterocycles. The Bertz CT molecular complexity index is 561. The quantitative estimate of drug-likeness (QED) is 0.673. The van der Waals surface area contributed by atoms with E-state index in [2.05, 4.69) is 59.9 Å². The number of benzene rings is 2. The monoisotopic (exact) mass is 461 g/mol. The summed E-state index contributed by atoms with van der Waals surface area (Å²) in [6.45, 7) is 1.17. The molecule has 0 atom stereocenters. The first kappa shape index (κ1) is 16.0. The van der Waals surface area contributed by atoms with Crippen molar-refractivity contribution in [3.8, 4) is 5.75 Å². The molecule has 0 fully saturated rings. The normalized spacial score (nSPS) is 10.6. The summed E-state index contributed by atoms with van der Waals surface area (Å²) in [7, 11) is 0. The van der Waals surface area contributed by atoms with Gasteiger partial charge in [-0.15, -0.1) is 0 Å². The molecule has 0 heterocycles. The third-order valence-electron chi connectivity index (χ3n) is 2.79. The zero-order valence-corrected chi connectivity index (χ0v) is 15.5. The van der Waals surface area contributed by atoms with E-state index in [0.717, 1.165) is 31.2 Å². The molecular weight excluding hydrogens is 450 g/mol. The summed E-state index contributed by atoms with van der Waals surface area (Å²) < 4.78 is 8.83. The number of ether oxygens (including phenoxy) is 1. The molecular formula is C15H14Br3NO. The predicted octanol–water partition coefficient (Wildman–Crippen LogP) is 5.05. The van der Waals surface area contributed by atoms with E-state index in [9.17, 15) is 0 Å². The van der Waals surface area contributed by atoms with Crippen molar-refractivity contribution < 1.29 is 4.74 Å². The minimum atomic E-state index is 0.528. The van der Waals surface area contributed by atoms with Gasteiger partial charge in [0.25, 0.3) is 0 Å². The summed E-state index contributed by atoms with van der Waals surface area (Å²) in [4.78, 5) is 0. The Morgan fingerprint density at radius 1 is 0.900 bits per heavy atom. The van der Waals surface area contributed by atoms with Crippen molar-refractivity contribution in [1.82, 2.24) is 0 Å². The third-order valence-corrected chi connectivity index (χ3v) is 4.49. The van der Waals surface area contributed by atoms with Crippen LogP contribution in [0.25, 0.3) is 0 Å². The van der Waals surface area contributed by atoms with E-state index >= 15 is 0 Å². The van der Waals surface area contributed by atoms with Crippen molar-refractivity contribution in [2.75, 3.05) is 6.54 Å². The van der Waals surface area contributed by atoms with Gasteiger partial charge in [0, 0.05) is 4.47 Å². The maximum absolute atomic E-state index is 5.89. The van der Waals surface area contributed by atoms with Gasteiger partial charge in [0.2, 0.25) is 0 Å². The zero-order valence-electron chi connectivity index (χ0n) is 10.7. The number of rotatable bonds is 5. The Morgan fingerprint density at radius 2 is 1.50 bits per heavy atom. The molecule has 2 aromatic carbocycles. The van der Waals surface area contributed by atoms with Crippen LogP contribution in [0.1, 0.15) is 11.1 Å². The highest BCUT2D eigenvalue weighted by atomic mass is 79.9. The molecule has 0 bridgehead atoms. The van der Waals surface area contributed by atoms with Crippen LogP contribution >= 0.6 is 47.8 Å². The predicted molar refractivity (Wildman–Crippen MR) is 93.1 cm³/mol. The van der Waals surface area contributed by atoms with Crippen molar-refractivity contribution in [1.29, 1.82) is 0 Å². The molecule has 0 saturated carbocycles.